The largest absolute Gasteiger partial charge is 0.496 e. The van der Waals surface area contributed by atoms with Crippen molar-refractivity contribution in [2.24, 2.45) is 0 Å². The molecule has 0 saturated heterocycles. The van der Waals surface area contributed by atoms with E-state index >= 15 is 0 Å². The first kappa shape index (κ1) is 12.8. The molecule has 0 N–H and O–H groups in total. The van der Waals surface area contributed by atoms with Crippen molar-refractivity contribution in [3.05, 3.63) is 23.8 Å². The van der Waals surface area contributed by atoms with E-state index in [-0.39, 0.29) is 0 Å². The highest BCUT2D eigenvalue weighted by atomic mass is 16.5. The van der Waals surface area contributed by atoms with E-state index in [1.54, 1.807) is 14.2 Å². The fourth-order valence-electron chi connectivity index (χ4n) is 1.68. The maximum absolute atomic E-state index is 5.33. The second kappa shape index (κ2) is 6.38. The Hall–Kier alpha value is -1.22. The molecule has 3 nitrogen and oxygen atoms in total. The van der Waals surface area contributed by atoms with Crippen LogP contribution in [0.2, 0.25) is 0 Å². The first-order valence-corrected chi connectivity index (χ1v) is 5.61. The maximum Gasteiger partial charge on any atom is 0.123 e. The number of hydrogen-bond donors (Lipinski definition) is 0. The number of anilines is 1. The average Bonchev–Trinajstić information content (AvgIpc) is 2.32. The summed E-state index contributed by atoms with van der Waals surface area (Å²) in [6, 6.07) is 6.29. The number of likely N-dealkylation sites (N-methyl/N-ethyl adjacent to an activating group) is 1. The molecule has 1 rings (SSSR count). The van der Waals surface area contributed by atoms with E-state index in [0.29, 0.717) is 0 Å². The minimum atomic E-state index is 0.740. The van der Waals surface area contributed by atoms with Gasteiger partial charge in [-0.2, -0.15) is 0 Å². The third-order valence-electron chi connectivity index (χ3n) is 2.70. The highest BCUT2D eigenvalue weighted by Gasteiger charge is 2.06. The molecule has 16 heavy (non-hydrogen) atoms. The van der Waals surface area contributed by atoms with Crippen LogP contribution in [0.1, 0.15) is 12.5 Å². The lowest BCUT2D eigenvalue weighted by Crippen LogP contribution is -2.26. The summed E-state index contributed by atoms with van der Waals surface area (Å²) < 4.78 is 10.4. The lowest BCUT2D eigenvalue weighted by molar-refractivity contribution is 0.205. The molecule has 0 saturated carbocycles. The number of aryl methyl sites for hydroxylation is 1. The lowest BCUT2D eigenvalue weighted by Gasteiger charge is -2.23. The van der Waals surface area contributed by atoms with Gasteiger partial charge in [0.15, 0.2) is 0 Å². The van der Waals surface area contributed by atoms with E-state index < -0.39 is 0 Å². The fraction of sp³-hybridized carbons (Fsp3) is 0.538. The van der Waals surface area contributed by atoms with Crippen molar-refractivity contribution in [2.75, 3.05) is 38.8 Å². The first-order chi connectivity index (χ1) is 7.72. The van der Waals surface area contributed by atoms with Crippen molar-refractivity contribution >= 4 is 5.69 Å². The van der Waals surface area contributed by atoms with Crippen LogP contribution in [0.3, 0.4) is 0 Å². The lowest BCUT2D eigenvalue weighted by atomic mass is 10.2. The summed E-state index contributed by atoms with van der Waals surface area (Å²) in [5.74, 6) is 0.938. The third kappa shape index (κ3) is 3.14. The number of nitrogens with zero attached hydrogens (tertiary/aromatic N) is 1. The quantitative estimate of drug-likeness (QED) is 0.739. The predicted molar refractivity (Wildman–Crippen MR) is 67.5 cm³/mol. The Kier molecular flexibility index (Phi) is 5.12. The van der Waals surface area contributed by atoms with Gasteiger partial charge in [0.1, 0.15) is 5.75 Å². The Morgan fingerprint density at radius 2 is 2.00 bits per heavy atom. The number of hydrogen-bond acceptors (Lipinski definition) is 3. The summed E-state index contributed by atoms with van der Waals surface area (Å²) in [6.07, 6.45) is 0. The maximum atomic E-state index is 5.33. The van der Waals surface area contributed by atoms with Crippen LogP contribution in [0, 0.1) is 6.92 Å². The van der Waals surface area contributed by atoms with E-state index in [4.69, 9.17) is 9.47 Å². The topological polar surface area (TPSA) is 21.7 Å². The molecular formula is C13H21NO2. The summed E-state index contributed by atoms with van der Waals surface area (Å²) in [4.78, 5) is 2.27. The number of benzene rings is 1. The molecule has 90 valence electrons. The van der Waals surface area contributed by atoms with Crippen LogP contribution < -0.4 is 9.64 Å². The Balaban J connectivity index is 2.83. The molecule has 0 aliphatic rings. The minimum absolute atomic E-state index is 0.740. The SMILES string of the molecule is CCN(CCOC)c1ccc(C)c(OC)c1. The summed E-state index contributed by atoms with van der Waals surface area (Å²) in [5.41, 5.74) is 2.34. The van der Waals surface area contributed by atoms with Gasteiger partial charge in [-0.15, -0.1) is 0 Å². The monoisotopic (exact) mass is 223 g/mol. The van der Waals surface area contributed by atoms with Crippen LogP contribution in [-0.2, 0) is 4.74 Å². The number of rotatable bonds is 6. The molecule has 0 bridgehead atoms. The average molecular weight is 223 g/mol. The van der Waals surface area contributed by atoms with Crippen LogP contribution in [-0.4, -0.2) is 33.9 Å². The van der Waals surface area contributed by atoms with Crippen molar-refractivity contribution in [3.8, 4) is 5.75 Å². The summed E-state index contributed by atoms with van der Waals surface area (Å²) in [7, 11) is 3.43. The van der Waals surface area contributed by atoms with E-state index in [9.17, 15) is 0 Å². The molecule has 0 fully saturated rings. The molecule has 1 aromatic rings. The Morgan fingerprint density at radius 1 is 1.25 bits per heavy atom. The van der Waals surface area contributed by atoms with Gasteiger partial charge >= 0.3 is 0 Å². The molecule has 0 aromatic heterocycles. The summed E-state index contributed by atoms with van der Waals surface area (Å²) in [6.45, 7) is 6.80. The van der Waals surface area contributed by atoms with Gasteiger partial charge in [-0.3, -0.25) is 0 Å². The van der Waals surface area contributed by atoms with Gasteiger partial charge in [0.25, 0.3) is 0 Å². The van der Waals surface area contributed by atoms with Crippen LogP contribution in [0.5, 0.6) is 5.75 Å². The smallest absolute Gasteiger partial charge is 0.123 e. The van der Waals surface area contributed by atoms with Crippen molar-refractivity contribution in [3.63, 3.8) is 0 Å². The van der Waals surface area contributed by atoms with E-state index in [0.717, 1.165) is 31.0 Å². The molecular weight excluding hydrogens is 202 g/mol. The van der Waals surface area contributed by atoms with Gasteiger partial charge in [0.05, 0.1) is 13.7 Å². The molecule has 0 amide bonds. The van der Waals surface area contributed by atoms with Gasteiger partial charge in [0, 0.05) is 32.0 Å². The third-order valence-corrected chi connectivity index (χ3v) is 2.70. The second-order valence-electron chi connectivity index (χ2n) is 3.73. The van der Waals surface area contributed by atoms with E-state index in [1.807, 2.05) is 6.92 Å². The normalized spacial score (nSPS) is 10.2. The van der Waals surface area contributed by atoms with Crippen molar-refractivity contribution in [1.82, 2.24) is 0 Å². The predicted octanol–water partition coefficient (Wildman–Crippen LogP) is 2.48. The number of ether oxygens (including phenoxy) is 2. The molecule has 0 unspecified atom stereocenters. The summed E-state index contributed by atoms with van der Waals surface area (Å²) >= 11 is 0. The van der Waals surface area contributed by atoms with Gasteiger partial charge in [-0.1, -0.05) is 6.07 Å². The van der Waals surface area contributed by atoms with Gasteiger partial charge in [-0.25, -0.2) is 0 Å². The molecule has 0 aliphatic heterocycles. The number of methoxy groups -OCH3 is 2. The molecule has 1 aromatic carbocycles. The minimum Gasteiger partial charge on any atom is -0.496 e. The molecule has 0 heterocycles. The van der Waals surface area contributed by atoms with Crippen molar-refractivity contribution in [2.45, 2.75) is 13.8 Å². The fourth-order valence-corrected chi connectivity index (χ4v) is 1.68. The van der Waals surface area contributed by atoms with Crippen LogP contribution in [0.15, 0.2) is 18.2 Å². The van der Waals surface area contributed by atoms with Crippen LogP contribution >= 0.6 is 0 Å². The van der Waals surface area contributed by atoms with E-state index in [1.165, 1.54) is 5.69 Å². The van der Waals surface area contributed by atoms with Gasteiger partial charge in [-0.05, 0) is 25.5 Å². The Morgan fingerprint density at radius 3 is 2.56 bits per heavy atom. The zero-order valence-electron chi connectivity index (χ0n) is 10.6. The highest BCUT2D eigenvalue weighted by molar-refractivity contribution is 5.53. The van der Waals surface area contributed by atoms with Crippen molar-refractivity contribution in [1.29, 1.82) is 0 Å². The molecule has 0 radical (unpaired) electrons. The molecule has 0 atom stereocenters. The second-order valence-corrected chi connectivity index (χ2v) is 3.73. The van der Waals surface area contributed by atoms with Crippen LogP contribution in [0.4, 0.5) is 5.69 Å². The highest BCUT2D eigenvalue weighted by Crippen LogP contribution is 2.24. The molecule has 0 aliphatic carbocycles. The zero-order chi connectivity index (χ0) is 12.0. The zero-order valence-corrected chi connectivity index (χ0v) is 10.6. The van der Waals surface area contributed by atoms with Crippen molar-refractivity contribution < 1.29 is 9.47 Å². The Bertz CT molecular complexity index is 326. The molecule has 3 heteroatoms. The molecule has 0 spiro atoms. The van der Waals surface area contributed by atoms with Gasteiger partial charge < -0.3 is 14.4 Å². The summed E-state index contributed by atoms with van der Waals surface area (Å²) in [5, 5.41) is 0. The Labute approximate surface area is 98.0 Å². The standard InChI is InChI=1S/C13H21NO2/c1-5-14(8-9-15-3)12-7-6-11(2)13(10-12)16-4/h6-7,10H,5,8-9H2,1-4H3. The first-order valence-electron chi connectivity index (χ1n) is 5.61. The van der Waals surface area contributed by atoms with E-state index in [2.05, 4.69) is 30.0 Å². The van der Waals surface area contributed by atoms with Gasteiger partial charge in [0.2, 0.25) is 0 Å². The van der Waals surface area contributed by atoms with Crippen LogP contribution in [0.25, 0.3) is 0 Å².